The van der Waals surface area contributed by atoms with E-state index < -0.39 is 24.1 Å². The molecule has 2 rings (SSSR count). The highest BCUT2D eigenvalue weighted by Crippen LogP contribution is 2.18. The SMILES string of the molecule is O=C(O)C1CC(O)CN1C(=O)NCCN1CCSCC1. The van der Waals surface area contributed by atoms with Crippen molar-refractivity contribution in [2.75, 3.05) is 44.2 Å². The van der Waals surface area contributed by atoms with E-state index in [1.165, 1.54) is 4.90 Å². The third kappa shape index (κ3) is 4.00. The van der Waals surface area contributed by atoms with Crippen LogP contribution in [0.4, 0.5) is 4.79 Å². The second-order valence-corrected chi connectivity index (χ2v) is 6.31. The topological polar surface area (TPSA) is 93.1 Å². The molecule has 2 atom stereocenters. The number of hydrogen-bond acceptors (Lipinski definition) is 5. The van der Waals surface area contributed by atoms with Crippen molar-refractivity contribution in [3.05, 3.63) is 0 Å². The number of nitrogens with one attached hydrogen (secondary N) is 1. The maximum absolute atomic E-state index is 12.0. The van der Waals surface area contributed by atoms with Crippen LogP contribution in [0.15, 0.2) is 0 Å². The number of aliphatic carboxylic acids is 1. The summed E-state index contributed by atoms with van der Waals surface area (Å²) in [6, 6.07) is -1.32. The Morgan fingerprint density at radius 3 is 2.65 bits per heavy atom. The van der Waals surface area contributed by atoms with Gasteiger partial charge in [-0.25, -0.2) is 9.59 Å². The molecule has 2 heterocycles. The lowest BCUT2D eigenvalue weighted by molar-refractivity contribution is -0.141. The minimum absolute atomic E-state index is 0.0865. The van der Waals surface area contributed by atoms with E-state index in [0.29, 0.717) is 6.54 Å². The number of nitrogens with zero attached hydrogens (tertiary/aromatic N) is 2. The van der Waals surface area contributed by atoms with Crippen LogP contribution in [0.1, 0.15) is 6.42 Å². The first-order valence-electron chi connectivity index (χ1n) is 6.83. The van der Waals surface area contributed by atoms with Gasteiger partial charge in [0.1, 0.15) is 6.04 Å². The van der Waals surface area contributed by atoms with Crippen molar-refractivity contribution >= 4 is 23.8 Å². The van der Waals surface area contributed by atoms with Gasteiger partial charge in [-0.1, -0.05) is 0 Å². The van der Waals surface area contributed by atoms with Crippen LogP contribution in [0.25, 0.3) is 0 Å². The number of amides is 2. The number of carbonyl (C=O) groups excluding carboxylic acids is 1. The first-order chi connectivity index (χ1) is 9.58. The van der Waals surface area contributed by atoms with Crippen LogP contribution in [0.3, 0.4) is 0 Å². The maximum Gasteiger partial charge on any atom is 0.326 e. The molecule has 0 radical (unpaired) electrons. The largest absolute Gasteiger partial charge is 0.480 e. The number of urea groups is 1. The predicted molar refractivity (Wildman–Crippen MR) is 75.9 cm³/mol. The Morgan fingerprint density at radius 1 is 1.30 bits per heavy atom. The third-order valence-corrected chi connectivity index (χ3v) is 4.58. The minimum atomic E-state index is -1.07. The van der Waals surface area contributed by atoms with E-state index in [1.807, 2.05) is 11.8 Å². The zero-order chi connectivity index (χ0) is 14.5. The molecule has 8 heteroatoms. The van der Waals surface area contributed by atoms with Gasteiger partial charge in [0.05, 0.1) is 6.10 Å². The lowest BCUT2D eigenvalue weighted by Crippen LogP contribution is -2.48. The second-order valence-electron chi connectivity index (χ2n) is 5.08. The van der Waals surface area contributed by atoms with Gasteiger partial charge in [0, 0.05) is 50.7 Å². The van der Waals surface area contributed by atoms with Gasteiger partial charge in [-0.3, -0.25) is 4.90 Å². The summed E-state index contributed by atoms with van der Waals surface area (Å²) in [5.41, 5.74) is 0. The van der Waals surface area contributed by atoms with Gasteiger partial charge in [0.2, 0.25) is 0 Å². The molecule has 7 nitrogen and oxygen atoms in total. The summed E-state index contributed by atoms with van der Waals surface area (Å²) in [5.74, 6) is 1.17. The molecule has 0 aromatic carbocycles. The van der Waals surface area contributed by atoms with Crippen LogP contribution < -0.4 is 5.32 Å². The Kier molecular flexibility index (Phi) is 5.50. The van der Waals surface area contributed by atoms with Crippen LogP contribution in [0.2, 0.25) is 0 Å². The monoisotopic (exact) mass is 303 g/mol. The second kappa shape index (κ2) is 7.14. The van der Waals surface area contributed by atoms with Gasteiger partial charge in [-0.2, -0.15) is 11.8 Å². The van der Waals surface area contributed by atoms with Crippen LogP contribution in [-0.4, -0.2) is 88.4 Å². The van der Waals surface area contributed by atoms with E-state index in [0.717, 1.165) is 31.1 Å². The highest BCUT2D eigenvalue weighted by atomic mass is 32.2. The van der Waals surface area contributed by atoms with E-state index in [9.17, 15) is 14.7 Å². The van der Waals surface area contributed by atoms with Crippen LogP contribution in [0, 0.1) is 0 Å². The van der Waals surface area contributed by atoms with Gasteiger partial charge in [0.25, 0.3) is 0 Å². The van der Waals surface area contributed by atoms with Gasteiger partial charge >= 0.3 is 12.0 Å². The van der Waals surface area contributed by atoms with Crippen LogP contribution in [-0.2, 0) is 4.79 Å². The highest BCUT2D eigenvalue weighted by molar-refractivity contribution is 7.99. The van der Waals surface area contributed by atoms with Crippen LogP contribution in [0.5, 0.6) is 0 Å². The first-order valence-corrected chi connectivity index (χ1v) is 7.99. The number of carboxylic acid groups (broad SMARTS) is 1. The van der Waals surface area contributed by atoms with Crippen LogP contribution >= 0.6 is 11.8 Å². The standard InChI is InChI=1S/C12H21N3O4S/c16-9-7-10(11(17)18)15(8-9)12(19)13-1-2-14-3-5-20-6-4-14/h9-10,16H,1-8H2,(H,13,19)(H,17,18). The summed E-state index contributed by atoms with van der Waals surface area (Å²) in [4.78, 5) is 26.5. The van der Waals surface area contributed by atoms with Crippen molar-refractivity contribution in [3.8, 4) is 0 Å². The minimum Gasteiger partial charge on any atom is -0.480 e. The Labute approximate surface area is 122 Å². The van der Waals surface area contributed by atoms with Gasteiger partial charge in [-0.15, -0.1) is 0 Å². The number of aliphatic hydroxyl groups excluding tert-OH is 1. The number of rotatable bonds is 4. The molecule has 3 N–H and O–H groups in total. The Morgan fingerprint density at radius 2 is 2.00 bits per heavy atom. The molecule has 2 unspecified atom stereocenters. The van der Waals surface area contributed by atoms with Crippen molar-refractivity contribution in [3.63, 3.8) is 0 Å². The lowest BCUT2D eigenvalue weighted by atomic mass is 10.2. The summed E-state index contributed by atoms with van der Waals surface area (Å²) in [6.07, 6.45) is -0.646. The molecule has 2 saturated heterocycles. The van der Waals surface area contributed by atoms with Crippen molar-refractivity contribution in [1.29, 1.82) is 0 Å². The summed E-state index contributed by atoms with van der Waals surface area (Å²) >= 11 is 1.93. The number of carboxylic acids is 1. The zero-order valence-electron chi connectivity index (χ0n) is 11.3. The quantitative estimate of drug-likeness (QED) is 0.634. The van der Waals surface area contributed by atoms with Crippen molar-refractivity contribution in [1.82, 2.24) is 15.1 Å². The molecule has 0 aromatic rings. The number of hydrogen-bond donors (Lipinski definition) is 3. The molecule has 2 aliphatic heterocycles. The number of thioether (sulfide) groups is 1. The molecule has 2 aliphatic rings. The average Bonchev–Trinajstić information content (AvgIpc) is 2.82. The molecule has 2 fully saturated rings. The van der Waals surface area contributed by atoms with Crippen molar-refractivity contribution in [2.24, 2.45) is 0 Å². The first kappa shape index (κ1) is 15.4. The Hall–Kier alpha value is -0.990. The summed E-state index contributed by atoms with van der Waals surface area (Å²) in [5, 5.41) is 21.3. The fourth-order valence-corrected chi connectivity index (χ4v) is 3.50. The molecule has 0 saturated carbocycles. The molecule has 20 heavy (non-hydrogen) atoms. The zero-order valence-corrected chi connectivity index (χ0v) is 12.1. The molecule has 0 aliphatic carbocycles. The maximum atomic E-state index is 12.0. The molecular weight excluding hydrogens is 282 g/mol. The molecule has 2 amide bonds. The summed E-state index contributed by atoms with van der Waals surface area (Å²) in [6.45, 7) is 3.42. The van der Waals surface area contributed by atoms with E-state index in [1.54, 1.807) is 0 Å². The van der Waals surface area contributed by atoms with Crippen molar-refractivity contribution in [2.45, 2.75) is 18.6 Å². The summed E-state index contributed by atoms with van der Waals surface area (Å²) < 4.78 is 0. The third-order valence-electron chi connectivity index (χ3n) is 3.63. The molecule has 114 valence electrons. The average molecular weight is 303 g/mol. The fraction of sp³-hybridized carbons (Fsp3) is 0.833. The number of likely N-dealkylation sites (tertiary alicyclic amines) is 1. The highest BCUT2D eigenvalue weighted by Gasteiger charge is 2.38. The van der Waals surface area contributed by atoms with Gasteiger partial charge in [-0.05, 0) is 0 Å². The number of aliphatic hydroxyl groups is 1. The summed E-state index contributed by atoms with van der Waals surface area (Å²) in [7, 11) is 0. The Balaban J connectivity index is 1.74. The molecule has 0 spiro atoms. The lowest BCUT2D eigenvalue weighted by Gasteiger charge is -2.27. The van der Waals surface area contributed by atoms with Crippen molar-refractivity contribution < 1.29 is 19.8 Å². The van der Waals surface area contributed by atoms with E-state index >= 15 is 0 Å². The molecule has 0 bridgehead atoms. The molecule has 0 aromatic heterocycles. The van der Waals surface area contributed by atoms with Gasteiger partial charge in [0.15, 0.2) is 0 Å². The number of β-amino-alcohol motifs (C(OH)–C–C–N with tert-alkyl or cyclic N) is 1. The smallest absolute Gasteiger partial charge is 0.326 e. The Bertz CT molecular complexity index is 363. The number of carbonyl (C=O) groups is 2. The normalized spacial score (nSPS) is 27.6. The fourth-order valence-electron chi connectivity index (χ4n) is 2.52. The molecular formula is C12H21N3O4S. The van der Waals surface area contributed by atoms with E-state index in [4.69, 9.17) is 5.11 Å². The van der Waals surface area contributed by atoms with E-state index in [-0.39, 0.29) is 13.0 Å². The predicted octanol–water partition coefficient (Wildman–Crippen LogP) is -0.735. The van der Waals surface area contributed by atoms with E-state index in [2.05, 4.69) is 10.2 Å². The van der Waals surface area contributed by atoms with Gasteiger partial charge < -0.3 is 20.4 Å².